The second-order valence-corrected chi connectivity index (χ2v) is 9.66. The normalized spacial score (nSPS) is 27.3. The first-order valence-electron chi connectivity index (χ1n) is 8.24. The molecule has 0 spiro atoms. The minimum absolute atomic E-state index is 0.00842. The van der Waals surface area contributed by atoms with Crippen molar-refractivity contribution in [1.29, 1.82) is 0 Å². The minimum atomic E-state index is -3.94. The molecule has 1 aromatic carbocycles. The van der Waals surface area contributed by atoms with Crippen molar-refractivity contribution < 1.29 is 18.1 Å². The van der Waals surface area contributed by atoms with Crippen LogP contribution in [0.5, 0.6) is 0 Å². The molecule has 0 radical (unpaired) electrons. The van der Waals surface area contributed by atoms with Crippen LogP contribution in [0.3, 0.4) is 0 Å². The van der Waals surface area contributed by atoms with Gasteiger partial charge in [-0.05, 0) is 30.2 Å². The highest BCUT2D eigenvalue weighted by atomic mass is 35.5. The van der Waals surface area contributed by atoms with Crippen LogP contribution >= 0.6 is 11.6 Å². The summed E-state index contributed by atoms with van der Waals surface area (Å²) in [6.45, 7) is 3.90. The average Bonchev–Trinajstić information content (AvgIpc) is 2.87. The maximum absolute atomic E-state index is 12.6. The van der Waals surface area contributed by atoms with Crippen molar-refractivity contribution in [2.45, 2.75) is 33.1 Å². The van der Waals surface area contributed by atoms with E-state index in [2.05, 4.69) is 4.40 Å². The number of halogens is 1. The van der Waals surface area contributed by atoms with E-state index in [-0.39, 0.29) is 39.1 Å². The van der Waals surface area contributed by atoms with E-state index in [1.807, 2.05) is 13.8 Å². The number of nitrogens with zero attached hydrogens (tertiary/aromatic N) is 2. The van der Waals surface area contributed by atoms with E-state index in [4.69, 9.17) is 11.6 Å². The molecule has 0 aromatic heterocycles. The number of non-ortho nitro benzene ring substituents is 1. The van der Waals surface area contributed by atoms with Gasteiger partial charge in [0.1, 0.15) is 5.78 Å². The summed E-state index contributed by atoms with van der Waals surface area (Å²) in [4.78, 5) is 22.7. The van der Waals surface area contributed by atoms with Crippen molar-refractivity contribution in [1.82, 2.24) is 0 Å². The molecule has 0 amide bonds. The lowest BCUT2D eigenvalue weighted by Crippen LogP contribution is -2.41. The Morgan fingerprint density at radius 3 is 2.65 bits per heavy atom. The van der Waals surface area contributed by atoms with Gasteiger partial charge in [0.05, 0.1) is 16.1 Å². The lowest BCUT2D eigenvalue weighted by molar-refractivity contribution is -0.384. The smallest absolute Gasteiger partial charge is 0.270 e. The first kappa shape index (κ1) is 19.0. The van der Waals surface area contributed by atoms with Crippen LogP contribution in [0.4, 0.5) is 5.69 Å². The summed E-state index contributed by atoms with van der Waals surface area (Å²) in [6, 6.07) is 3.71. The molecule has 140 valence electrons. The van der Waals surface area contributed by atoms with Gasteiger partial charge in [0.2, 0.25) is 0 Å². The Labute approximate surface area is 156 Å². The molecule has 2 atom stereocenters. The minimum Gasteiger partial charge on any atom is -0.299 e. The fourth-order valence-corrected chi connectivity index (χ4v) is 6.15. The number of nitro benzene ring substituents is 1. The highest BCUT2D eigenvalue weighted by molar-refractivity contribution is 7.90. The molecule has 9 heteroatoms. The zero-order valence-electron chi connectivity index (χ0n) is 14.4. The van der Waals surface area contributed by atoms with Crippen LogP contribution in [0.2, 0.25) is 5.02 Å². The number of fused-ring (bicyclic) bond motifs is 2. The molecule has 1 aromatic rings. The fourth-order valence-electron chi connectivity index (χ4n) is 4.34. The van der Waals surface area contributed by atoms with Gasteiger partial charge in [-0.25, -0.2) is 8.42 Å². The molecular weight excluding hydrogens is 380 g/mol. The standard InChI is InChI=1S/C17H19ClN2O5S/c1-16(2)12-5-6-17(16,15(21)8-12)10-26(24,25)19-9-11-7-13(20(22)23)3-4-14(11)18/h3-4,7,9,12H,5-6,8,10H2,1-2H3/b19-9+. The third-order valence-corrected chi connectivity index (χ3v) is 7.74. The van der Waals surface area contributed by atoms with Crippen LogP contribution in [0.25, 0.3) is 0 Å². The summed E-state index contributed by atoms with van der Waals surface area (Å²) in [6.07, 6.45) is 2.83. The van der Waals surface area contributed by atoms with E-state index in [0.29, 0.717) is 12.8 Å². The highest BCUT2D eigenvalue weighted by Gasteiger charge is 2.65. The summed E-state index contributed by atoms with van der Waals surface area (Å²) >= 11 is 5.97. The quantitative estimate of drug-likeness (QED) is 0.429. The van der Waals surface area contributed by atoms with Crippen LogP contribution in [0, 0.1) is 26.9 Å². The van der Waals surface area contributed by atoms with Gasteiger partial charge < -0.3 is 0 Å². The van der Waals surface area contributed by atoms with Gasteiger partial charge in [-0.15, -0.1) is 0 Å². The van der Waals surface area contributed by atoms with E-state index in [0.717, 1.165) is 18.7 Å². The Bertz CT molecular complexity index is 925. The molecule has 2 saturated carbocycles. The maximum Gasteiger partial charge on any atom is 0.270 e. The molecule has 26 heavy (non-hydrogen) atoms. The monoisotopic (exact) mass is 398 g/mol. The topological polar surface area (TPSA) is 107 Å². The zero-order chi connectivity index (χ0) is 19.3. The summed E-state index contributed by atoms with van der Waals surface area (Å²) in [5.74, 6) is -0.142. The molecule has 2 fully saturated rings. The summed E-state index contributed by atoms with van der Waals surface area (Å²) in [7, 11) is -3.94. The molecule has 3 rings (SSSR count). The number of nitro groups is 1. The molecule has 0 N–H and O–H groups in total. The first-order chi connectivity index (χ1) is 12.0. The Kier molecular flexibility index (Phi) is 4.47. The number of hydrogen-bond donors (Lipinski definition) is 0. The summed E-state index contributed by atoms with van der Waals surface area (Å²) < 4.78 is 28.8. The second kappa shape index (κ2) is 6.13. The number of carbonyl (C=O) groups excluding carboxylic acids is 1. The van der Waals surface area contributed by atoms with Gasteiger partial charge >= 0.3 is 0 Å². The third-order valence-electron chi connectivity index (χ3n) is 6.11. The fraction of sp³-hybridized carbons (Fsp3) is 0.529. The van der Waals surface area contributed by atoms with Gasteiger partial charge in [-0.3, -0.25) is 14.9 Å². The molecule has 0 aliphatic heterocycles. The van der Waals surface area contributed by atoms with Gasteiger partial charge in [0.15, 0.2) is 0 Å². The van der Waals surface area contributed by atoms with E-state index >= 15 is 0 Å². The maximum atomic E-state index is 12.6. The number of sulfonamides is 1. The molecule has 0 heterocycles. The van der Waals surface area contributed by atoms with Crippen molar-refractivity contribution in [2.75, 3.05) is 5.75 Å². The van der Waals surface area contributed by atoms with E-state index < -0.39 is 20.4 Å². The lowest BCUT2D eigenvalue weighted by atomic mass is 9.70. The lowest BCUT2D eigenvalue weighted by Gasteiger charge is -2.35. The van der Waals surface area contributed by atoms with Crippen molar-refractivity contribution in [3.63, 3.8) is 0 Å². The molecular formula is C17H19ClN2O5S. The van der Waals surface area contributed by atoms with Gasteiger partial charge in [0, 0.05) is 35.4 Å². The number of benzene rings is 1. The zero-order valence-corrected chi connectivity index (χ0v) is 16.0. The molecule has 2 unspecified atom stereocenters. The Balaban J connectivity index is 1.89. The van der Waals surface area contributed by atoms with Crippen molar-refractivity contribution in [3.8, 4) is 0 Å². The Hall–Kier alpha value is -1.80. The van der Waals surface area contributed by atoms with Gasteiger partial charge in [0.25, 0.3) is 15.7 Å². The van der Waals surface area contributed by atoms with E-state index in [9.17, 15) is 23.3 Å². The predicted octanol–water partition coefficient (Wildman–Crippen LogP) is 3.39. The predicted molar refractivity (Wildman–Crippen MR) is 98.0 cm³/mol. The number of carbonyl (C=O) groups is 1. The van der Waals surface area contributed by atoms with Crippen molar-refractivity contribution in [3.05, 3.63) is 38.9 Å². The van der Waals surface area contributed by atoms with Crippen LogP contribution in [0.1, 0.15) is 38.7 Å². The van der Waals surface area contributed by atoms with Gasteiger partial charge in [-0.1, -0.05) is 25.4 Å². The average molecular weight is 399 g/mol. The van der Waals surface area contributed by atoms with Crippen LogP contribution < -0.4 is 0 Å². The Morgan fingerprint density at radius 2 is 2.12 bits per heavy atom. The molecule has 2 bridgehead atoms. The molecule has 7 nitrogen and oxygen atoms in total. The summed E-state index contributed by atoms with van der Waals surface area (Å²) in [5, 5.41) is 11.0. The third kappa shape index (κ3) is 2.95. The number of hydrogen-bond acceptors (Lipinski definition) is 5. The van der Waals surface area contributed by atoms with Crippen LogP contribution in [-0.2, 0) is 14.8 Å². The van der Waals surface area contributed by atoms with Crippen LogP contribution in [-0.4, -0.2) is 31.1 Å². The van der Waals surface area contributed by atoms with Gasteiger partial charge in [-0.2, -0.15) is 4.40 Å². The second-order valence-electron chi connectivity index (χ2n) is 7.59. The largest absolute Gasteiger partial charge is 0.299 e. The Morgan fingerprint density at radius 1 is 1.42 bits per heavy atom. The summed E-state index contributed by atoms with van der Waals surface area (Å²) in [5.41, 5.74) is -1.35. The molecule has 0 saturated heterocycles. The van der Waals surface area contributed by atoms with E-state index in [1.165, 1.54) is 12.1 Å². The van der Waals surface area contributed by atoms with Crippen molar-refractivity contribution in [2.24, 2.45) is 21.1 Å². The van der Waals surface area contributed by atoms with E-state index in [1.54, 1.807) is 0 Å². The number of rotatable bonds is 5. The first-order valence-corrected chi connectivity index (χ1v) is 10.2. The highest BCUT2D eigenvalue weighted by Crippen LogP contribution is 2.64. The number of ketones is 1. The molecule has 2 aliphatic carbocycles. The SMILES string of the molecule is CC1(C)C2CCC1(CS(=O)(=O)/N=C/c1cc([N+](=O)[O-])ccc1Cl)C(=O)C2. The van der Waals surface area contributed by atoms with Crippen molar-refractivity contribution >= 4 is 39.3 Å². The molecule has 2 aliphatic rings. The van der Waals surface area contributed by atoms with Crippen LogP contribution in [0.15, 0.2) is 22.6 Å². The number of Topliss-reactive ketones (excluding diaryl/α,β-unsaturated/α-hetero) is 1.